The molecular formula is C10H13N3O5S. The molecule has 6 N–H and O–H groups in total. The molecule has 0 aliphatic heterocycles. The highest BCUT2D eigenvalue weighted by Gasteiger charge is 2.18. The molecule has 0 aliphatic carbocycles. The molecular weight excluding hydrogens is 274 g/mol. The summed E-state index contributed by atoms with van der Waals surface area (Å²) >= 11 is 0. The van der Waals surface area contributed by atoms with Crippen LogP contribution >= 0.6 is 0 Å². The van der Waals surface area contributed by atoms with Crippen LogP contribution in [0.2, 0.25) is 0 Å². The summed E-state index contributed by atoms with van der Waals surface area (Å²) in [4.78, 5) is 21.3. The van der Waals surface area contributed by atoms with E-state index in [2.05, 4.69) is 0 Å². The lowest BCUT2D eigenvalue weighted by atomic mass is 10.2. The van der Waals surface area contributed by atoms with Crippen molar-refractivity contribution in [3.63, 3.8) is 0 Å². The Balaban J connectivity index is 2.83. The molecule has 0 saturated carbocycles. The van der Waals surface area contributed by atoms with Crippen molar-refractivity contribution < 1.29 is 23.1 Å². The molecule has 0 heterocycles. The Bertz CT molecular complexity index is 582. The molecule has 1 aromatic rings. The largest absolute Gasteiger partial charge is 0.382 e. The average molecular weight is 287 g/mol. The number of nitrogens with one attached hydrogen (secondary N) is 1. The molecule has 0 spiro atoms. The van der Waals surface area contributed by atoms with Crippen molar-refractivity contribution in [2.45, 2.75) is 11.0 Å². The van der Waals surface area contributed by atoms with E-state index < -0.39 is 34.5 Å². The number of aliphatic hydroxyl groups excluding tert-OH is 1. The van der Waals surface area contributed by atoms with Crippen molar-refractivity contribution in [2.24, 2.45) is 11.5 Å². The zero-order valence-electron chi connectivity index (χ0n) is 9.74. The van der Waals surface area contributed by atoms with Gasteiger partial charge in [-0.1, -0.05) is 0 Å². The van der Waals surface area contributed by atoms with Gasteiger partial charge in [0.2, 0.25) is 21.8 Å². The first kappa shape index (κ1) is 15.1. The molecule has 2 amide bonds. The summed E-state index contributed by atoms with van der Waals surface area (Å²) in [6.07, 6.45) is -1.61. The summed E-state index contributed by atoms with van der Waals surface area (Å²) in [5.74, 6) is -1.71. The molecule has 1 aromatic carbocycles. The molecule has 0 bridgehead atoms. The second-order valence-electron chi connectivity index (χ2n) is 3.66. The SMILES string of the molecule is NC(=O)c1ccc(S(=O)(=O)NCC(O)C(N)=O)cc1. The van der Waals surface area contributed by atoms with Crippen LogP contribution in [0, 0.1) is 0 Å². The third-order valence-electron chi connectivity index (χ3n) is 2.24. The van der Waals surface area contributed by atoms with Crippen LogP contribution in [-0.2, 0) is 14.8 Å². The molecule has 1 rings (SSSR count). The van der Waals surface area contributed by atoms with Gasteiger partial charge in [0.05, 0.1) is 4.90 Å². The fourth-order valence-electron chi connectivity index (χ4n) is 1.17. The molecule has 0 aromatic heterocycles. The van der Waals surface area contributed by atoms with Crippen LogP contribution in [0.25, 0.3) is 0 Å². The molecule has 9 heteroatoms. The Kier molecular flexibility index (Phi) is 4.59. The number of rotatable bonds is 6. The zero-order valence-corrected chi connectivity index (χ0v) is 10.6. The monoisotopic (exact) mass is 287 g/mol. The molecule has 0 saturated heterocycles. The smallest absolute Gasteiger partial charge is 0.248 e. The van der Waals surface area contributed by atoms with Crippen molar-refractivity contribution in [3.8, 4) is 0 Å². The topological polar surface area (TPSA) is 153 Å². The number of benzene rings is 1. The van der Waals surface area contributed by atoms with Gasteiger partial charge in [-0.3, -0.25) is 9.59 Å². The van der Waals surface area contributed by atoms with Crippen molar-refractivity contribution >= 4 is 21.8 Å². The fraction of sp³-hybridized carbons (Fsp3) is 0.200. The molecule has 0 fully saturated rings. The first-order valence-corrected chi connectivity index (χ1v) is 6.59. The lowest BCUT2D eigenvalue weighted by Crippen LogP contribution is -2.39. The van der Waals surface area contributed by atoms with Crippen LogP contribution in [-0.4, -0.2) is 38.0 Å². The first-order chi connectivity index (χ1) is 8.74. The number of carbonyl (C=O) groups excluding carboxylic acids is 2. The van der Waals surface area contributed by atoms with E-state index in [-0.39, 0.29) is 10.5 Å². The van der Waals surface area contributed by atoms with Gasteiger partial charge in [0.1, 0.15) is 6.10 Å². The van der Waals surface area contributed by atoms with Crippen LogP contribution in [0.1, 0.15) is 10.4 Å². The molecule has 0 radical (unpaired) electrons. The van der Waals surface area contributed by atoms with Crippen LogP contribution in [0.5, 0.6) is 0 Å². The number of carbonyl (C=O) groups is 2. The van der Waals surface area contributed by atoms with Gasteiger partial charge in [-0.05, 0) is 24.3 Å². The fourth-order valence-corrected chi connectivity index (χ4v) is 2.21. The van der Waals surface area contributed by atoms with E-state index in [1.807, 2.05) is 4.72 Å². The maximum Gasteiger partial charge on any atom is 0.248 e. The predicted molar refractivity (Wildman–Crippen MR) is 65.3 cm³/mol. The van der Waals surface area contributed by atoms with Gasteiger partial charge in [0, 0.05) is 12.1 Å². The Morgan fingerprint density at radius 1 is 1.21 bits per heavy atom. The maximum absolute atomic E-state index is 11.7. The summed E-state index contributed by atoms with van der Waals surface area (Å²) in [5.41, 5.74) is 9.96. The van der Waals surface area contributed by atoms with Crippen molar-refractivity contribution in [3.05, 3.63) is 29.8 Å². The minimum Gasteiger partial charge on any atom is -0.382 e. The van der Waals surface area contributed by atoms with Crippen molar-refractivity contribution in [1.82, 2.24) is 4.72 Å². The zero-order chi connectivity index (χ0) is 14.6. The summed E-state index contributed by atoms with van der Waals surface area (Å²) < 4.78 is 25.5. The second-order valence-corrected chi connectivity index (χ2v) is 5.43. The highest BCUT2D eigenvalue weighted by Crippen LogP contribution is 2.10. The van der Waals surface area contributed by atoms with Gasteiger partial charge in [0.25, 0.3) is 0 Å². The van der Waals surface area contributed by atoms with Crippen LogP contribution in [0.4, 0.5) is 0 Å². The summed E-state index contributed by atoms with van der Waals surface area (Å²) in [6.45, 7) is -0.533. The molecule has 8 nitrogen and oxygen atoms in total. The molecule has 1 unspecified atom stereocenters. The van der Waals surface area contributed by atoms with Crippen molar-refractivity contribution in [1.29, 1.82) is 0 Å². The van der Waals surface area contributed by atoms with E-state index in [4.69, 9.17) is 16.6 Å². The lowest BCUT2D eigenvalue weighted by Gasteiger charge is -2.09. The Morgan fingerprint density at radius 3 is 2.16 bits per heavy atom. The minimum absolute atomic E-state index is 0.130. The average Bonchev–Trinajstić information content (AvgIpc) is 2.36. The van der Waals surface area contributed by atoms with Gasteiger partial charge >= 0.3 is 0 Å². The van der Waals surface area contributed by atoms with E-state index >= 15 is 0 Å². The van der Waals surface area contributed by atoms with E-state index in [0.29, 0.717) is 0 Å². The van der Waals surface area contributed by atoms with E-state index in [9.17, 15) is 18.0 Å². The lowest BCUT2D eigenvalue weighted by molar-refractivity contribution is -0.125. The Morgan fingerprint density at radius 2 is 1.74 bits per heavy atom. The van der Waals surface area contributed by atoms with E-state index in [1.165, 1.54) is 24.3 Å². The van der Waals surface area contributed by atoms with Crippen molar-refractivity contribution in [2.75, 3.05) is 6.54 Å². The minimum atomic E-state index is -3.90. The van der Waals surface area contributed by atoms with Gasteiger partial charge in [-0.25, -0.2) is 13.1 Å². The number of amides is 2. The molecule has 0 aliphatic rings. The summed E-state index contributed by atoms with van der Waals surface area (Å²) in [5, 5.41) is 9.09. The third kappa shape index (κ3) is 4.02. The van der Waals surface area contributed by atoms with Gasteiger partial charge in [-0.2, -0.15) is 0 Å². The number of aliphatic hydroxyl groups is 1. The highest BCUT2D eigenvalue weighted by molar-refractivity contribution is 7.89. The maximum atomic E-state index is 11.7. The first-order valence-electron chi connectivity index (χ1n) is 5.11. The van der Waals surface area contributed by atoms with Crippen LogP contribution in [0.15, 0.2) is 29.2 Å². The predicted octanol–water partition coefficient (Wildman–Crippen LogP) is -2.09. The van der Waals surface area contributed by atoms with Gasteiger partial charge in [-0.15, -0.1) is 0 Å². The quantitative estimate of drug-likeness (QED) is 0.472. The number of hydrogen-bond acceptors (Lipinski definition) is 5. The Hall–Kier alpha value is -1.97. The molecule has 1 atom stereocenters. The van der Waals surface area contributed by atoms with E-state index in [0.717, 1.165) is 0 Å². The van der Waals surface area contributed by atoms with E-state index in [1.54, 1.807) is 0 Å². The summed E-state index contributed by atoms with van der Waals surface area (Å²) in [6, 6.07) is 4.86. The standard InChI is InChI=1S/C10H13N3O5S/c11-9(15)6-1-3-7(4-2-6)19(17,18)13-5-8(14)10(12)16/h1-4,8,13-14H,5H2,(H2,11,15)(H2,12,16). The summed E-state index contributed by atoms with van der Waals surface area (Å²) in [7, 11) is -3.90. The number of nitrogens with two attached hydrogens (primary N) is 2. The Labute approximate surface area is 109 Å². The number of sulfonamides is 1. The molecule has 104 valence electrons. The normalized spacial score (nSPS) is 12.9. The second kappa shape index (κ2) is 5.78. The highest BCUT2D eigenvalue weighted by atomic mass is 32.2. The number of primary amides is 2. The van der Waals surface area contributed by atoms with Crippen LogP contribution in [0.3, 0.4) is 0 Å². The molecule has 19 heavy (non-hydrogen) atoms. The van der Waals surface area contributed by atoms with Crippen LogP contribution < -0.4 is 16.2 Å². The number of hydrogen-bond donors (Lipinski definition) is 4. The van der Waals surface area contributed by atoms with Gasteiger partial charge in [0.15, 0.2) is 0 Å². The van der Waals surface area contributed by atoms with Gasteiger partial charge < -0.3 is 16.6 Å². The third-order valence-corrected chi connectivity index (χ3v) is 3.68.